The minimum atomic E-state index is -0.840. The number of methoxy groups -OCH3 is 1. The van der Waals surface area contributed by atoms with E-state index in [-0.39, 0.29) is 25.7 Å². The molecule has 0 aromatic heterocycles. The third kappa shape index (κ3) is 6.49. The summed E-state index contributed by atoms with van der Waals surface area (Å²) in [7, 11) is 1.48. The second kappa shape index (κ2) is 14.1. The molecule has 2 aliphatic heterocycles. The van der Waals surface area contributed by atoms with Gasteiger partial charge in [0, 0.05) is 11.1 Å². The number of thioether (sulfide) groups is 1. The van der Waals surface area contributed by atoms with Gasteiger partial charge in [-0.15, -0.1) is 0 Å². The molecule has 236 valence electrons. The van der Waals surface area contributed by atoms with Crippen LogP contribution in [0, 0.1) is 5.92 Å². The Kier molecular flexibility index (Phi) is 9.97. The Morgan fingerprint density at radius 3 is 2.36 bits per heavy atom. The highest BCUT2D eigenvalue weighted by Gasteiger charge is 2.50. The molecule has 0 N–H and O–H groups in total. The molecule has 3 aromatic rings. The van der Waals surface area contributed by atoms with Gasteiger partial charge < -0.3 is 23.7 Å². The van der Waals surface area contributed by atoms with E-state index < -0.39 is 29.4 Å². The number of aliphatic imine (C=N–C) groups is 1. The Labute approximate surface area is 266 Å². The van der Waals surface area contributed by atoms with Gasteiger partial charge in [-0.3, -0.25) is 19.5 Å². The number of hydrogen-bond acceptors (Lipinski definition) is 10. The summed E-state index contributed by atoms with van der Waals surface area (Å²) in [5, 5.41) is 1.91. The Balaban J connectivity index is 1.55. The van der Waals surface area contributed by atoms with Crippen LogP contribution in [0.1, 0.15) is 44.9 Å². The van der Waals surface area contributed by atoms with Crippen LogP contribution in [0.2, 0.25) is 0 Å². The number of esters is 2. The Morgan fingerprint density at radius 2 is 1.64 bits per heavy atom. The molecule has 0 saturated carbocycles. The molecule has 1 fully saturated rings. The van der Waals surface area contributed by atoms with Crippen LogP contribution in [-0.2, 0) is 23.9 Å². The van der Waals surface area contributed by atoms with Gasteiger partial charge in [-0.05, 0) is 68.5 Å². The summed E-state index contributed by atoms with van der Waals surface area (Å²) in [6.45, 7) is 7.85. The zero-order chi connectivity index (χ0) is 32.1. The van der Waals surface area contributed by atoms with Gasteiger partial charge in [0.25, 0.3) is 5.91 Å². The van der Waals surface area contributed by atoms with Crippen LogP contribution < -0.4 is 14.2 Å². The minimum Gasteiger partial charge on any atom is -0.493 e. The number of hydrogen-bond donors (Lipinski definition) is 0. The molecule has 11 heteroatoms. The van der Waals surface area contributed by atoms with Crippen LogP contribution in [0.25, 0.3) is 16.8 Å². The van der Waals surface area contributed by atoms with Crippen LogP contribution in [0.15, 0.2) is 64.5 Å². The topological polar surface area (TPSA) is 113 Å². The van der Waals surface area contributed by atoms with Crippen molar-refractivity contribution in [1.29, 1.82) is 0 Å². The lowest BCUT2D eigenvalue weighted by Crippen LogP contribution is -2.48. The zero-order valence-electron chi connectivity index (χ0n) is 25.9. The van der Waals surface area contributed by atoms with E-state index in [9.17, 15) is 14.4 Å². The molecule has 45 heavy (non-hydrogen) atoms. The van der Waals surface area contributed by atoms with E-state index in [0.29, 0.717) is 34.3 Å². The fourth-order valence-corrected chi connectivity index (χ4v) is 6.78. The molecule has 0 radical (unpaired) electrons. The summed E-state index contributed by atoms with van der Waals surface area (Å²) in [6, 6.07) is 16.2. The van der Waals surface area contributed by atoms with Gasteiger partial charge in [-0.1, -0.05) is 48.2 Å². The lowest BCUT2D eigenvalue weighted by molar-refractivity contribution is -0.149. The summed E-state index contributed by atoms with van der Waals surface area (Å²) < 4.78 is 27.5. The normalized spacial score (nSPS) is 20.1. The van der Waals surface area contributed by atoms with Gasteiger partial charge in [0.15, 0.2) is 23.6 Å². The van der Waals surface area contributed by atoms with Crippen molar-refractivity contribution in [3.05, 3.63) is 70.6 Å². The molecule has 5 rings (SSSR count). The monoisotopic (exact) mass is 632 g/mol. The molecule has 2 heterocycles. The Morgan fingerprint density at radius 1 is 0.911 bits per heavy atom. The van der Waals surface area contributed by atoms with E-state index in [1.807, 2.05) is 49.4 Å². The molecule has 3 aromatic carbocycles. The summed E-state index contributed by atoms with van der Waals surface area (Å²) in [5.41, 5.74) is 1.48. The van der Waals surface area contributed by atoms with Crippen LogP contribution in [-0.4, -0.2) is 67.5 Å². The predicted molar refractivity (Wildman–Crippen MR) is 172 cm³/mol. The maximum Gasteiger partial charge on any atom is 0.344 e. The molecule has 0 bridgehead atoms. The molecular weight excluding hydrogens is 596 g/mol. The first-order valence-electron chi connectivity index (χ1n) is 14.8. The van der Waals surface area contributed by atoms with E-state index in [4.69, 9.17) is 28.7 Å². The SMILES string of the molecule is CCOC(=O)COc1ccc([C@@H]2[C@@H](C(=O)OCC)C(C)=N[C@@H]3S/C(=C\c4ccc(OCC)c5ccccc45)C(=O)N32)cc1OC. The Hall–Kier alpha value is -4.51. The fraction of sp³-hybridized carbons (Fsp3) is 0.353. The van der Waals surface area contributed by atoms with Gasteiger partial charge in [0.2, 0.25) is 0 Å². The Bertz CT molecular complexity index is 1670. The zero-order valence-corrected chi connectivity index (χ0v) is 26.7. The van der Waals surface area contributed by atoms with Crippen molar-refractivity contribution < 1.29 is 38.1 Å². The molecule has 2 aliphatic rings. The van der Waals surface area contributed by atoms with Gasteiger partial charge in [-0.2, -0.15) is 0 Å². The van der Waals surface area contributed by atoms with Crippen LogP contribution in [0.4, 0.5) is 0 Å². The number of rotatable bonds is 11. The quantitative estimate of drug-likeness (QED) is 0.192. The lowest BCUT2D eigenvalue weighted by Gasteiger charge is -2.39. The van der Waals surface area contributed by atoms with Gasteiger partial charge >= 0.3 is 11.9 Å². The van der Waals surface area contributed by atoms with Gasteiger partial charge in [-0.25, -0.2) is 4.79 Å². The number of nitrogens with zero attached hydrogens (tertiary/aromatic N) is 2. The molecule has 0 aliphatic carbocycles. The fourth-order valence-electron chi connectivity index (χ4n) is 5.59. The van der Waals surface area contributed by atoms with Gasteiger partial charge in [0.05, 0.1) is 37.9 Å². The highest BCUT2D eigenvalue weighted by atomic mass is 32.2. The third-order valence-corrected chi connectivity index (χ3v) is 8.61. The van der Waals surface area contributed by atoms with Crippen molar-refractivity contribution >= 4 is 52.2 Å². The second-order valence-corrected chi connectivity index (χ2v) is 11.3. The molecule has 1 saturated heterocycles. The number of carbonyl (C=O) groups excluding carboxylic acids is 3. The molecule has 0 spiro atoms. The summed E-state index contributed by atoms with van der Waals surface area (Å²) >= 11 is 1.34. The van der Waals surface area contributed by atoms with Crippen LogP contribution in [0.3, 0.4) is 0 Å². The van der Waals surface area contributed by atoms with Crippen molar-refractivity contribution in [3.63, 3.8) is 0 Å². The molecule has 3 atom stereocenters. The maximum absolute atomic E-state index is 14.2. The first-order chi connectivity index (χ1) is 21.8. The predicted octanol–water partition coefficient (Wildman–Crippen LogP) is 5.78. The van der Waals surface area contributed by atoms with Crippen molar-refractivity contribution in [2.24, 2.45) is 10.9 Å². The highest BCUT2D eigenvalue weighted by Crippen LogP contribution is 2.49. The van der Waals surface area contributed by atoms with E-state index in [2.05, 4.69) is 0 Å². The number of fused-ring (bicyclic) bond motifs is 2. The van der Waals surface area contributed by atoms with Gasteiger partial charge in [0.1, 0.15) is 11.7 Å². The smallest absolute Gasteiger partial charge is 0.344 e. The summed E-state index contributed by atoms with van der Waals surface area (Å²) in [5.74, 6) is -0.632. The van der Waals surface area contributed by atoms with E-state index in [1.165, 1.54) is 18.9 Å². The van der Waals surface area contributed by atoms with Crippen LogP contribution >= 0.6 is 11.8 Å². The third-order valence-electron chi connectivity index (χ3n) is 7.52. The molecule has 1 amide bonds. The lowest BCUT2D eigenvalue weighted by atomic mass is 9.86. The summed E-state index contributed by atoms with van der Waals surface area (Å²) in [6.07, 6.45) is 1.87. The number of ether oxygens (including phenoxy) is 5. The van der Waals surface area contributed by atoms with Crippen molar-refractivity contribution in [3.8, 4) is 17.2 Å². The van der Waals surface area contributed by atoms with E-state index in [1.54, 1.807) is 43.9 Å². The van der Waals surface area contributed by atoms with Crippen molar-refractivity contribution in [1.82, 2.24) is 4.90 Å². The minimum absolute atomic E-state index is 0.182. The highest BCUT2D eigenvalue weighted by molar-refractivity contribution is 8.05. The van der Waals surface area contributed by atoms with E-state index >= 15 is 0 Å². The number of carbonyl (C=O) groups is 3. The second-order valence-electron chi connectivity index (χ2n) is 10.2. The molecule has 0 unspecified atom stereocenters. The average Bonchev–Trinajstić information content (AvgIpc) is 3.34. The largest absolute Gasteiger partial charge is 0.493 e. The van der Waals surface area contributed by atoms with Crippen molar-refractivity contribution in [2.45, 2.75) is 39.2 Å². The summed E-state index contributed by atoms with van der Waals surface area (Å²) in [4.78, 5) is 46.4. The molecular formula is C34H36N2O8S. The first kappa shape index (κ1) is 31.9. The maximum atomic E-state index is 14.2. The standard InChI is InChI=1S/C34H36N2O8S/c1-6-41-25-15-13-21(23-11-9-10-12-24(23)25)18-28-32(38)36-31(30(33(39)43-8-3)20(4)35-34(36)45-28)22-14-16-26(27(17-22)40-5)44-19-29(37)42-7-2/h9-18,30-31,34H,6-8,19H2,1-5H3/b28-18-/t30-,31+,34-/m0/s1. The first-order valence-corrected chi connectivity index (χ1v) is 15.7. The van der Waals surface area contributed by atoms with E-state index in [0.717, 1.165) is 22.1 Å². The number of benzene rings is 3. The van der Waals surface area contributed by atoms with Crippen molar-refractivity contribution in [2.75, 3.05) is 33.5 Å². The van der Waals surface area contributed by atoms with Crippen LogP contribution in [0.5, 0.6) is 17.2 Å². The average molecular weight is 633 g/mol. The number of amides is 1. The molecule has 10 nitrogen and oxygen atoms in total.